The van der Waals surface area contributed by atoms with Crippen LogP contribution in [0.1, 0.15) is 19.8 Å². The second-order valence-electron chi connectivity index (χ2n) is 4.63. The molecule has 3 heteroatoms. The van der Waals surface area contributed by atoms with Crippen LogP contribution in [-0.2, 0) is 0 Å². The average molecular weight is 200 g/mol. The molecule has 0 aliphatic carbocycles. The van der Waals surface area contributed by atoms with Gasteiger partial charge in [0.1, 0.15) is 0 Å². The lowest BCUT2D eigenvalue weighted by Crippen LogP contribution is -2.35. The van der Waals surface area contributed by atoms with Gasteiger partial charge < -0.3 is 5.32 Å². The molecule has 0 saturated carbocycles. The van der Waals surface area contributed by atoms with Gasteiger partial charge >= 0.3 is 0 Å². The third-order valence-corrected chi connectivity index (χ3v) is 4.42. The van der Waals surface area contributed by atoms with E-state index in [2.05, 4.69) is 26.4 Å². The van der Waals surface area contributed by atoms with Gasteiger partial charge in [-0.25, -0.2) is 0 Å². The largest absolute Gasteiger partial charge is 0.316 e. The Morgan fingerprint density at radius 3 is 2.85 bits per heavy atom. The lowest BCUT2D eigenvalue weighted by Gasteiger charge is -2.28. The number of likely N-dealkylation sites (tertiary alicyclic amines) is 1. The summed E-state index contributed by atoms with van der Waals surface area (Å²) < 4.78 is 0. The highest BCUT2D eigenvalue weighted by Gasteiger charge is 2.29. The van der Waals surface area contributed by atoms with Gasteiger partial charge in [0, 0.05) is 12.3 Å². The summed E-state index contributed by atoms with van der Waals surface area (Å²) >= 11 is 0. The van der Waals surface area contributed by atoms with Gasteiger partial charge in [-0.2, -0.15) is 0 Å². The molecule has 2 heterocycles. The van der Waals surface area contributed by atoms with Gasteiger partial charge in [-0.3, -0.25) is 4.90 Å². The maximum Gasteiger partial charge on any atom is 0.0280 e. The molecule has 13 heavy (non-hydrogen) atoms. The Balaban J connectivity index is 1.85. The minimum Gasteiger partial charge on any atom is -0.316 e. The summed E-state index contributed by atoms with van der Waals surface area (Å²) in [6, 6.07) is 0. The first kappa shape index (κ1) is 9.89. The first-order valence-electron chi connectivity index (χ1n) is 5.47. The summed E-state index contributed by atoms with van der Waals surface area (Å²) in [7, 11) is 3.05. The molecule has 2 aliphatic rings. The fraction of sp³-hybridized carbons (Fsp3) is 1.00. The normalized spacial score (nSPS) is 38.3. The lowest BCUT2D eigenvalue weighted by molar-refractivity contribution is 0.250. The Hall–Kier alpha value is 0.350. The quantitative estimate of drug-likeness (QED) is 0.672. The van der Waals surface area contributed by atoms with Crippen LogP contribution in [0, 0.1) is 11.8 Å². The highest BCUT2D eigenvalue weighted by molar-refractivity contribution is 7.17. The Labute approximate surface area is 83.7 Å². The molecule has 2 fully saturated rings. The zero-order valence-corrected chi connectivity index (χ0v) is 9.65. The van der Waals surface area contributed by atoms with Crippen molar-refractivity contribution in [2.45, 2.75) is 25.5 Å². The molecule has 0 amide bonds. The minimum atomic E-state index is 0.722. The molecule has 0 spiro atoms. The van der Waals surface area contributed by atoms with Crippen LogP contribution in [0.4, 0.5) is 0 Å². The van der Waals surface area contributed by atoms with Crippen molar-refractivity contribution in [3.63, 3.8) is 0 Å². The monoisotopic (exact) mass is 200 g/mol. The third-order valence-electron chi connectivity index (χ3n) is 3.46. The van der Waals surface area contributed by atoms with E-state index in [1.165, 1.54) is 39.0 Å². The fourth-order valence-corrected chi connectivity index (χ4v) is 3.11. The number of nitrogens with zero attached hydrogens (tertiary/aromatic N) is 1. The van der Waals surface area contributed by atoms with E-state index in [0.717, 1.165) is 17.6 Å². The predicted molar refractivity (Wildman–Crippen MR) is 59.8 cm³/mol. The molecule has 4 unspecified atom stereocenters. The van der Waals surface area contributed by atoms with E-state index in [0.29, 0.717) is 0 Å². The average Bonchev–Trinajstić information content (AvgIpc) is 2.72. The smallest absolute Gasteiger partial charge is 0.0280 e. The summed E-state index contributed by atoms with van der Waals surface area (Å²) in [4.78, 5) is 2.65. The molecular weight excluding hydrogens is 179 g/mol. The van der Waals surface area contributed by atoms with E-state index < -0.39 is 0 Å². The van der Waals surface area contributed by atoms with Crippen LogP contribution < -0.4 is 5.32 Å². The Morgan fingerprint density at radius 1 is 1.46 bits per heavy atom. The van der Waals surface area contributed by atoms with E-state index in [4.69, 9.17) is 0 Å². The van der Waals surface area contributed by atoms with Gasteiger partial charge in [-0.15, -0.1) is 9.24 Å². The molecule has 0 aromatic heterocycles. The van der Waals surface area contributed by atoms with Gasteiger partial charge in [0.05, 0.1) is 0 Å². The third kappa shape index (κ3) is 2.23. The first-order valence-corrected chi connectivity index (χ1v) is 6.14. The van der Waals surface area contributed by atoms with E-state index >= 15 is 0 Å². The van der Waals surface area contributed by atoms with Gasteiger partial charge in [-0.05, 0) is 44.3 Å². The Kier molecular flexibility index (Phi) is 3.23. The van der Waals surface area contributed by atoms with Crippen LogP contribution in [0.2, 0.25) is 0 Å². The number of rotatable bonds is 2. The second-order valence-corrected chi connectivity index (χ2v) is 5.32. The second kappa shape index (κ2) is 4.25. The highest BCUT2D eigenvalue weighted by Crippen LogP contribution is 2.28. The zero-order valence-electron chi connectivity index (χ0n) is 8.50. The van der Waals surface area contributed by atoms with Crippen molar-refractivity contribution in [2.24, 2.45) is 11.8 Å². The summed E-state index contributed by atoms with van der Waals surface area (Å²) in [5.74, 6) is 2.51. The maximum atomic E-state index is 3.45. The molecule has 0 aromatic rings. The van der Waals surface area contributed by atoms with Crippen LogP contribution in [0.5, 0.6) is 0 Å². The molecule has 2 saturated heterocycles. The van der Waals surface area contributed by atoms with E-state index in [1.54, 1.807) is 0 Å². The van der Waals surface area contributed by atoms with Crippen LogP contribution >= 0.6 is 9.24 Å². The van der Waals surface area contributed by atoms with Crippen molar-refractivity contribution in [1.82, 2.24) is 10.2 Å². The Bertz CT molecular complexity index is 168. The van der Waals surface area contributed by atoms with Crippen molar-refractivity contribution < 1.29 is 0 Å². The minimum absolute atomic E-state index is 0.722. The van der Waals surface area contributed by atoms with Gasteiger partial charge in [0.2, 0.25) is 0 Å². The first-order chi connectivity index (χ1) is 6.27. The van der Waals surface area contributed by atoms with E-state index in [9.17, 15) is 0 Å². The summed E-state index contributed by atoms with van der Waals surface area (Å²) in [6.07, 6.45) is 2.75. The Morgan fingerprint density at radius 2 is 2.31 bits per heavy atom. The van der Waals surface area contributed by atoms with Crippen LogP contribution in [0.25, 0.3) is 0 Å². The van der Waals surface area contributed by atoms with Gasteiger partial charge in [-0.1, -0.05) is 6.92 Å². The summed E-state index contributed by atoms with van der Waals surface area (Å²) in [5.41, 5.74) is 0. The number of hydrogen-bond donors (Lipinski definition) is 1. The molecule has 76 valence electrons. The van der Waals surface area contributed by atoms with Crippen molar-refractivity contribution in [3.05, 3.63) is 0 Å². The molecule has 2 aliphatic heterocycles. The van der Waals surface area contributed by atoms with E-state index in [-0.39, 0.29) is 0 Å². The van der Waals surface area contributed by atoms with Gasteiger partial charge in [0.15, 0.2) is 0 Å². The van der Waals surface area contributed by atoms with Crippen LogP contribution in [0.3, 0.4) is 0 Å². The molecule has 2 nitrogen and oxygen atoms in total. The molecule has 0 bridgehead atoms. The molecule has 0 radical (unpaired) electrons. The van der Waals surface area contributed by atoms with Crippen molar-refractivity contribution in [1.29, 1.82) is 0 Å². The zero-order chi connectivity index (χ0) is 9.26. The summed E-state index contributed by atoms with van der Waals surface area (Å²) in [5, 5.41) is 3.45. The van der Waals surface area contributed by atoms with Crippen molar-refractivity contribution >= 4 is 9.24 Å². The fourth-order valence-electron chi connectivity index (χ4n) is 2.51. The predicted octanol–water partition coefficient (Wildman–Crippen LogP) is 1.14. The van der Waals surface area contributed by atoms with Crippen LogP contribution in [-0.4, -0.2) is 36.9 Å². The van der Waals surface area contributed by atoms with Crippen LogP contribution in [0.15, 0.2) is 0 Å². The molecule has 4 atom stereocenters. The van der Waals surface area contributed by atoms with Crippen molar-refractivity contribution in [3.8, 4) is 0 Å². The SMILES string of the molecule is CC1CCN(C(P)C2CCNC2)C1. The topological polar surface area (TPSA) is 15.3 Å². The number of nitrogens with one attached hydrogen (secondary N) is 1. The molecule has 2 rings (SSSR count). The summed E-state index contributed by atoms with van der Waals surface area (Å²) in [6.45, 7) is 7.43. The molecule has 1 N–H and O–H groups in total. The van der Waals surface area contributed by atoms with Crippen molar-refractivity contribution in [2.75, 3.05) is 26.2 Å². The van der Waals surface area contributed by atoms with Gasteiger partial charge in [0.25, 0.3) is 0 Å². The standard InChI is InChI=1S/C10H21N2P/c1-8-3-5-12(7-8)10(13)9-2-4-11-6-9/h8-11H,2-7,13H2,1H3. The molecule has 0 aromatic carbocycles. The maximum absolute atomic E-state index is 3.45. The number of hydrogen-bond acceptors (Lipinski definition) is 2. The van der Waals surface area contributed by atoms with E-state index in [1.807, 2.05) is 0 Å². The highest BCUT2D eigenvalue weighted by atomic mass is 31.0. The molecular formula is C10H21N2P. The lowest BCUT2D eigenvalue weighted by atomic mass is 10.1.